The minimum Gasteiger partial charge on any atom is -0.373 e. The molecule has 1 aliphatic rings. The van der Waals surface area contributed by atoms with Crippen LogP contribution in [-0.2, 0) is 16.0 Å². The van der Waals surface area contributed by atoms with Crippen molar-refractivity contribution in [2.75, 3.05) is 18.9 Å². The van der Waals surface area contributed by atoms with Gasteiger partial charge >= 0.3 is 12.1 Å². The molecule has 172 valence electrons. The topological polar surface area (TPSA) is 104 Å². The lowest BCUT2D eigenvalue weighted by atomic mass is 10.0. The average molecular weight is 449 g/mol. The number of alkyl carbamates (subject to hydrolysis) is 1. The molecule has 33 heavy (non-hydrogen) atoms. The Morgan fingerprint density at radius 2 is 1.97 bits per heavy atom. The third kappa shape index (κ3) is 5.40. The number of benzene rings is 2. The molecule has 1 aliphatic heterocycles. The number of likely N-dealkylation sites (N-methyl/N-ethyl adjacent to an activating group) is 1. The Bertz CT molecular complexity index is 1160. The van der Waals surface area contributed by atoms with Crippen LogP contribution in [0.1, 0.15) is 35.7 Å². The molecule has 1 fully saturated rings. The normalized spacial score (nSPS) is 17.0. The first-order valence-corrected chi connectivity index (χ1v) is 11.1. The van der Waals surface area contributed by atoms with Crippen molar-refractivity contribution in [2.45, 2.75) is 38.3 Å². The lowest BCUT2D eigenvalue weighted by Gasteiger charge is -2.19. The van der Waals surface area contributed by atoms with Gasteiger partial charge in [0, 0.05) is 28.8 Å². The molecule has 2 amide bonds. The number of carbonyl (C=O) groups excluding carboxylic acids is 3. The highest BCUT2D eigenvalue weighted by Gasteiger charge is 2.23. The van der Waals surface area contributed by atoms with E-state index in [1.807, 2.05) is 24.4 Å². The molecule has 8 nitrogen and oxygen atoms in total. The van der Waals surface area contributed by atoms with Crippen molar-refractivity contribution in [1.82, 2.24) is 15.2 Å². The predicted molar refractivity (Wildman–Crippen MR) is 126 cm³/mol. The molecule has 0 spiro atoms. The van der Waals surface area contributed by atoms with Crippen LogP contribution in [0.15, 0.2) is 54.7 Å². The number of hydrogen-bond donors (Lipinski definition) is 3. The standard InChI is InChI=1S/C25H28N4O4/c1-16(27-25(32)33-24(31)17-7-4-3-5-8-17)23(30)28-19-10-11-22-21(14-19)18(15-26-22)13-20-9-6-12-29(20)2/h3-5,7-8,10-11,14-16,20,26H,6,9,12-13H2,1-2H3,(H,27,32)(H,28,30)/t16-,20?/m0/s1. The van der Waals surface area contributed by atoms with Crippen LogP contribution in [0.4, 0.5) is 10.5 Å². The van der Waals surface area contributed by atoms with E-state index >= 15 is 0 Å². The third-order valence-electron chi connectivity index (χ3n) is 6.08. The Hall–Kier alpha value is -3.65. The summed E-state index contributed by atoms with van der Waals surface area (Å²) in [5.74, 6) is -1.19. The van der Waals surface area contributed by atoms with E-state index < -0.39 is 24.0 Å². The van der Waals surface area contributed by atoms with Gasteiger partial charge in [0.15, 0.2) is 0 Å². The molecule has 0 aliphatic carbocycles. The summed E-state index contributed by atoms with van der Waals surface area (Å²) in [6.45, 7) is 2.65. The number of likely N-dealkylation sites (tertiary alicyclic amines) is 1. The summed E-state index contributed by atoms with van der Waals surface area (Å²) in [6, 6.07) is 13.5. The Balaban J connectivity index is 1.36. The fourth-order valence-electron chi connectivity index (χ4n) is 4.16. The van der Waals surface area contributed by atoms with Crippen LogP contribution in [0.25, 0.3) is 10.9 Å². The van der Waals surface area contributed by atoms with Gasteiger partial charge in [-0.1, -0.05) is 18.2 Å². The Morgan fingerprint density at radius 1 is 1.18 bits per heavy atom. The Labute approximate surface area is 192 Å². The molecule has 1 saturated heterocycles. The van der Waals surface area contributed by atoms with E-state index in [1.165, 1.54) is 25.3 Å². The molecule has 2 aromatic carbocycles. The number of fused-ring (bicyclic) bond motifs is 1. The maximum absolute atomic E-state index is 12.6. The molecule has 0 radical (unpaired) electrons. The number of aromatic nitrogens is 1. The number of carbonyl (C=O) groups is 3. The minimum atomic E-state index is -0.976. The highest BCUT2D eigenvalue weighted by atomic mass is 16.6. The molecule has 1 aromatic heterocycles. The fraction of sp³-hybridized carbons (Fsp3) is 0.320. The zero-order chi connectivity index (χ0) is 23.4. The van der Waals surface area contributed by atoms with Gasteiger partial charge in [0.25, 0.3) is 0 Å². The molecular formula is C25H28N4O4. The van der Waals surface area contributed by atoms with Crippen LogP contribution in [-0.4, -0.2) is 53.5 Å². The van der Waals surface area contributed by atoms with Crippen LogP contribution in [0.5, 0.6) is 0 Å². The fourth-order valence-corrected chi connectivity index (χ4v) is 4.16. The van der Waals surface area contributed by atoms with Crippen LogP contribution in [0.3, 0.4) is 0 Å². The third-order valence-corrected chi connectivity index (χ3v) is 6.08. The molecule has 3 aromatic rings. The minimum absolute atomic E-state index is 0.254. The van der Waals surface area contributed by atoms with E-state index in [-0.39, 0.29) is 5.56 Å². The summed E-state index contributed by atoms with van der Waals surface area (Å²) in [5.41, 5.74) is 3.12. The first-order valence-electron chi connectivity index (χ1n) is 11.1. The number of rotatable bonds is 6. The van der Waals surface area contributed by atoms with Crippen LogP contribution in [0, 0.1) is 0 Å². The molecule has 4 rings (SSSR count). The molecule has 3 N–H and O–H groups in total. The van der Waals surface area contributed by atoms with E-state index in [2.05, 4.69) is 27.6 Å². The molecular weight excluding hydrogens is 420 g/mol. The number of anilines is 1. The second-order valence-corrected chi connectivity index (χ2v) is 8.45. The maximum atomic E-state index is 12.6. The van der Waals surface area contributed by atoms with Gasteiger partial charge < -0.3 is 25.3 Å². The second-order valence-electron chi connectivity index (χ2n) is 8.45. The van der Waals surface area contributed by atoms with Crippen molar-refractivity contribution in [3.8, 4) is 0 Å². The number of nitrogens with one attached hydrogen (secondary N) is 3. The quantitative estimate of drug-likeness (QED) is 0.394. The monoisotopic (exact) mass is 448 g/mol. The first kappa shape index (κ1) is 22.5. The number of esters is 1. The number of ether oxygens (including phenoxy) is 1. The van der Waals surface area contributed by atoms with Crippen LogP contribution >= 0.6 is 0 Å². The van der Waals surface area contributed by atoms with E-state index in [0.29, 0.717) is 11.7 Å². The largest absolute Gasteiger partial charge is 0.415 e. The molecule has 2 heterocycles. The molecule has 2 atom stereocenters. The van der Waals surface area contributed by atoms with Crippen LogP contribution < -0.4 is 10.6 Å². The van der Waals surface area contributed by atoms with Crippen molar-refractivity contribution < 1.29 is 19.1 Å². The van der Waals surface area contributed by atoms with Crippen molar-refractivity contribution >= 4 is 34.6 Å². The number of aromatic amines is 1. The number of nitrogens with zero attached hydrogens (tertiary/aromatic N) is 1. The highest BCUT2D eigenvalue weighted by Crippen LogP contribution is 2.27. The Kier molecular flexibility index (Phi) is 6.74. The molecule has 0 saturated carbocycles. The van der Waals surface area contributed by atoms with Gasteiger partial charge in [-0.25, -0.2) is 9.59 Å². The van der Waals surface area contributed by atoms with Crippen molar-refractivity contribution in [3.63, 3.8) is 0 Å². The molecule has 0 bridgehead atoms. The number of amides is 2. The van der Waals surface area contributed by atoms with Crippen molar-refractivity contribution in [3.05, 3.63) is 65.9 Å². The summed E-state index contributed by atoms with van der Waals surface area (Å²) in [7, 11) is 2.16. The molecule has 1 unspecified atom stereocenters. The van der Waals surface area contributed by atoms with Crippen LogP contribution in [0.2, 0.25) is 0 Å². The highest BCUT2D eigenvalue weighted by molar-refractivity contribution is 6.00. The van der Waals surface area contributed by atoms with Gasteiger partial charge in [0.1, 0.15) is 6.04 Å². The lowest BCUT2D eigenvalue weighted by Crippen LogP contribution is -2.42. The van der Waals surface area contributed by atoms with Gasteiger partial charge in [-0.3, -0.25) is 4.79 Å². The molecule has 8 heteroatoms. The average Bonchev–Trinajstić information content (AvgIpc) is 3.40. The second kappa shape index (κ2) is 9.87. The maximum Gasteiger partial charge on any atom is 0.415 e. The van der Waals surface area contributed by atoms with Gasteiger partial charge in [-0.15, -0.1) is 0 Å². The zero-order valence-corrected chi connectivity index (χ0v) is 18.8. The van der Waals surface area contributed by atoms with Gasteiger partial charge in [0.2, 0.25) is 5.91 Å². The van der Waals surface area contributed by atoms with Crippen molar-refractivity contribution in [1.29, 1.82) is 0 Å². The summed E-state index contributed by atoms with van der Waals surface area (Å²) < 4.78 is 4.77. The summed E-state index contributed by atoms with van der Waals surface area (Å²) >= 11 is 0. The number of hydrogen-bond acceptors (Lipinski definition) is 5. The van der Waals surface area contributed by atoms with E-state index in [4.69, 9.17) is 4.74 Å². The first-order chi connectivity index (χ1) is 15.9. The zero-order valence-electron chi connectivity index (χ0n) is 18.8. The van der Waals surface area contributed by atoms with Gasteiger partial charge in [-0.2, -0.15) is 0 Å². The summed E-state index contributed by atoms with van der Waals surface area (Å²) in [4.78, 5) is 42.3. The Morgan fingerprint density at radius 3 is 2.70 bits per heavy atom. The SMILES string of the molecule is C[C@H](NC(=O)OC(=O)c1ccccc1)C(=O)Nc1ccc2[nH]cc(CC3CCCN3C)c2c1. The van der Waals surface area contributed by atoms with Crippen molar-refractivity contribution in [2.24, 2.45) is 0 Å². The van der Waals surface area contributed by atoms with E-state index in [1.54, 1.807) is 30.3 Å². The summed E-state index contributed by atoms with van der Waals surface area (Å²) in [5, 5.41) is 6.29. The van der Waals surface area contributed by atoms with E-state index in [9.17, 15) is 14.4 Å². The van der Waals surface area contributed by atoms with Gasteiger partial charge in [-0.05, 0) is 75.7 Å². The lowest BCUT2D eigenvalue weighted by molar-refractivity contribution is -0.117. The van der Waals surface area contributed by atoms with E-state index in [0.717, 1.165) is 23.9 Å². The number of H-pyrrole nitrogens is 1. The summed E-state index contributed by atoms with van der Waals surface area (Å²) in [6.07, 6.45) is 4.41. The predicted octanol–water partition coefficient (Wildman–Crippen LogP) is 3.70. The smallest absolute Gasteiger partial charge is 0.373 e. The van der Waals surface area contributed by atoms with Gasteiger partial charge in [0.05, 0.1) is 5.56 Å².